The predicted molar refractivity (Wildman–Crippen MR) is 83.2 cm³/mol. The summed E-state index contributed by atoms with van der Waals surface area (Å²) in [5.41, 5.74) is -0.884. The summed E-state index contributed by atoms with van der Waals surface area (Å²) in [5.74, 6) is -1.22. The van der Waals surface area contributed by atoms with Gasteiger partial charge in [-0.1, -0.05) is 11.6 Å². The number of pyridine rings is 1. The van der Waals surface area contributed by atoms with E-state index in [1.807, 2.05) is 0 Å². The van der Waals surface area contributed by atoms with Crippen LogP contribution in [0.25, 0.3) is 21.6 Å². The molecule has 0 aliphatic heterocycles. The summed E-state index contributed by atoms with van der Waals surface area (Å²) in [6, 6.07) is 4.05. The van der Waals surface area contributed by atoms with Crippen molar-refractivity contribution >= 4 is 39.9 Å². The van der Waals surface area contributed by atoms with E-state index >= 15 is 0 Å². The highest BCUT2D eigenvalue weighted by Gasteiger charge is 2.36. The van der Waals surface area contributed by atoms with Gasteiger partial charge in [-0.3, -0.25) is 4.79 Å². The number of carbonyl (C=O) groups is 1. The number of hydrogen-bond acceptors (Lipinski definition) is 4. The van der Waals surface area contributed by atoms with E-state index in [4.69, 9.17) is 16.7 Å². The van der Waals surface area contributed by atoms with Crippen LogP contribution < -0.4 is 0 Å². The number of carboxylic acids is 1. The Morgan fingerprint density at radius 2 is 2.12 bits per heavy atom. The second kappa shape index (κ2) is 5.75. The number of rotatable bonds is 3. The average Bonchev–Trinajstić information content (AvgIpc) is 3.01. The standard InChI is InChI=1S/C14H9ClF3N3O2S/c1-6-12-7(14(16,17)18)4-8(9-2-3-10(15)24-9)19-13(12)21(20-6)5-11(22)23/h2-4H,5H2,1H3,(H,22,23). The molecule has 0 aliphatic carbocycles. The van der Waals surface area contributed by atoms with Crippen LogP contribution in [0.1, 0.15) is 11.3 Å². The molecule has 126 valence electrons. The molecule has 0 bridgehead atoms. The highest BCUT2D eigenvalue weighted by Crippen LogP contribution is 2.39. The number of fused-ring (bicyclic) bond motifs is 1. The maximum atomic E-state index is 13.5. The minimum Gasteiger partial charge on any atom is -0.480 e. The second-order valence-corrected chi connectivity index (χ2v) is 6.71. The van der Waals surface area contributed by atoms with Gasteiger partial charge in [0.2, 0.25) is 0 Å². The summed E-state index contributed by atoms with van der Waals surface area (Å²) < 4.78 is 41.8. The van der Waals surface area contributed by atoms with Crippen molar-refractivity contribution in [2.24, 2.45) is 0 Å². The third kappa shape index (κ3) is 2.96. The van der Waals surface area contributed by atoms with Crippen LogP contribution in [-0.2, 0) is 17.5 Å². The fourth-order valence-electron chi connectivity index (χ4n) is 2.39. The van der Waals surface area contributed by atoms with Crippen molar-refractivity contribution in [1.82, 2.24) is 14.8 Å². The Morgan fingerprint density at radius 1 is 1.42 bits per heavy atom. The fraction of sp³-hybridized carbons (Fsp3) is 0.214. The van der Waals surface area contributed by atoms with Crippen molar-refractivity contribution in [1.29, 1.82) is 0 Å². The molecule has 1 N–H and O–H groups in total. The molecule has 0 aliphatic rings. The molecule has 0 amide bonds. The maximum Gasteiger partial charge on any atom is 0.417 e. The molecule has 24 heavy (non-hydrogen) atoms. The number of carboxylic acid groups (broad SMARTS) is 1. The van der Waals surface area contributed by atoms with E-state index in [1.165, 1.54) is 6.92 Å². The van der Waals surface area contributed by atoms with Crippen molar-refractivity contribution in [3.8, 4) is 10.6 Å². The molecule has 0 saturated heterocycles. The lowest BCUT2D eigenvalue weighted by Gasteiger charge is -2.10. The SMILES string of the molecule is Cc1nn(CC(=O)O)c2nc(-c3ccc(Cl)s3)cc(C(F)(F)F)c12. The first-order valence-electron chi connectivity index (χ1n) is 6.59. The topological polar surface area (TPSA) is 68.0 Å². The van der Waals surface area contributed by atoms with Crippen molar-refractivity contribution < 1.29 is 23.1 Å². The molecule has 0 saturated carbocycles. The van der Waals surface area contributed by atoms with Crippen LogP contribution in [0.5, 0.6) is 0 Å². The van der Waals surface area contributed by atoms with Gasteiger partial charge in [-0.25, -0.2) is 9.67 Å². The zero-order chi connectivity index (χ0) is 17.6. The third-order valence-electron chi connectivity index (χ3n) is 3.29. The first kappa shape index (κ1) is 16.7. The fourth-order valence-corrected chi connectivity index (χ4v) is 3.40. The summed E-state index contributed by atoms with van der Waals surface area (Å²) in [5, 5.41) is 12.6. The van der Waals surface area contributed by atoms with E-state index in [0.29, 0.717) is 9.21 Å². The highest BCUT2D eigenvalue weighted by atomic mass is 35.5. The zero-order valence-corrected chi connectivity index (χ0v) is 13.6. The Labute approximate surface area is 142 Å². The Morgan fingerprint density at radius 3 is 2.67 bits per heavy atom. The Balaban J connectivity index is 2.34. The minimum atomic E-state index is -4.63. The van der Waals surface area contributed by atoms with Gasteiger partial charge in [0.25, 0.3) is 0 Å². The lowest BCUT2D eigenvalue weighted by molar-refractivity contribution is -0.138. The molecule has 10 heteroatoms. The summed E-state index contributed by atoms with van der Waals surface area (Å²) >= 11 is 6.92. The zero-order valence-electron chi connectivity index (χ0n) is 12.1. The van der Waals surface area contributed by atoms with E-state index < -0.39 is 24.3 Å². The molecule has 0 atom stereocenters. The number of alkyl halides is 3. The summed E-state index contributed by atoms with van der Waals surface area (Å²) in [6.45, 7) is 0.808. The van der Waals surface area contributed by atoms with E-state index in [1.54, 1.807) is 12.1 Å². The summed E-state index contributed by atoms with van der Waals surface area (Å²) in [7, 11) is 0. The number of hydrogen-bond donors (Lipinski definition) is 1. The largest absolute Gasteiger partial charge is 0.480 e. The van der Waals surface area contributed by atoms with Crippen LogP contribution in [0.2, 0.25) is 4.34 Å². The van der Waals surface area contributed by atoms with E-state index in [-0.39, 0.29) is 22.4 Å². The van der Waals surface area contributed by atoms with Gasteiger partial charge in [0.05, 0.1) is 31.6 Å². The first-order chi connectivity index (χ1) is 11.2. The van der Waals surface area contributed by atoms with Crippen molar-refractivity contribution in [3.63, 3.8) is 0 Å². The summed E-state index contributed by atoms with van der Waals surface area (Å²) in [6.07, 6.45) is -4.63. The normalized spacial score (nSPS) is 12.0. The lowest BCUT2D eigenvalue weighted by Crippen LogP contribution is -2.11. The molecule has 3 rings (SSSR count). The summed E-state index contributed by atoms with van der Waals surface area (Å²) in [4.78, 5) is 15.6. The molecular formula is C14H9ClF3N3O2S. The van der Waals surface area contributed by atoms with Gasteiger partial charge in [0.15, 0.2) is 5.65 Å². The quantitative estimate of drug-likeness (QED) is 0.744. The lowest BCUT2D eigenvalue weighted by atomic mass is 10.1. The van der Waals surface area contributed by atoms with Crippen molar-refractivity contribution in [3.05, 3.63) is 33.8 Å². The predicted octanol–water partition coefficient (Wildman–Crippen LogP) is 4.23. The Hall–Kier alpha value is -2.13. The van der Waals surface area contributed by atoms with Crippen LogP contribution in [0.4, 0.5) is 13.2 Å². The third-order valence-corrected chi connectivity index (χ3v) is 4.55. The number of nitrogens with zero attached hydrogens (tertiary/aromatic N) is 3. The molecule has 0 aromatic carbocycles. The van der Waals surface area contributed by atoms with Gasteiger partial charge in [0, 0.05) is 0 Å². The molecule has 3 aromatic rings. The molecule has 5 nitrogen and oxygen atoms in total. The number of aliphatic carboxylic acids is 1. The van der Waals surface area contributed by atoms with Crippen LogP contribution in [0, 0.1) is 6.92 Å². The van der Waals surface area contributed by atoms with Crippen molar-refractivity contribution in [2.75, 3.05) is 0 Å². The number of thiophene rings is 1. The van der Waals surface area contributed by atoms with Gasteiger partial charge < -0.3 is 5.11 Å². The first-order valence-corrected chi connectivity index (χ1v) is 7.79. The van der Waals surface area contributed by atoms with Crippen molar-refractivity contribution in [2.45, 2.75) is 19.6 Å². The van der Waals surface area contributed by atoms with Gasteiger partial charge in [0.1, 0.15) is 6.54 Å². The number of halogens is 4. The van der Waals surface area contributed by atoms with Gasteiger partial charge in [-0.05, 0) is 25.1 Å². The van der Waals surface area contributed by atoms with Crippen LogP contribution in [0.15, 0.2) is 18.2 Å². The van der Waals surface area contributed by atoms with E-state index in [0.717, 1.165) is 22.1 Å². The molecular weight excluding hydrogens is 367 g/mol. The van der Waals surface area contributed by atoms with Gasteiger partial charge >= 0.3 is 12.1 Å². The molecule has 3 aromatic heterocycles. The van der Waals surface area contributed by atoms with Crippen LogP contribution >= 0.6 is 22.9 Å². The maximum absolute atomic E-state index is 13.5. The second-order valence-electron chi connectivity index (χ2n) is 4.99. The molecule has 0 radical (unpaired) electrons. The molecule has 0 spiro atoms. The number of aryl methyl sites for hydroxylation is 1. The van der Waals surface area contributed by atoms with Gasteiger partial charge in [-0.2, -0.15) is 18.3 Å². The monoisotopic (exact) mass is 375 g/mol. The highest BCUT2D eigenvalue weighted by molar-refractivity contribution is 7.19. The van der Waals surface area contributed by atoms with Gasteiger partial charge in [-0.15, -0.1) is 11.3 Å². The van der Waals surface area contributed by atoms with E-state index in [9.17, 15) is 18.0 Å². The van der Waals surface area contributed by atoms with E-state index in [2.05, 4.69) is 10.1 Å². The average molecular weight is 376 g/mol. The smallest absolute Gasteiger partial charge is 0.417 e. The minimum absolute atomic E-state index is 0.0678. The Bertz CT molecular complexity index is 949. The Kier molecular flexibility index (Phi) is 4.00. The molecule has 0 unspecified atom stereocenters. The number of aromatic nitrogens is 3. The van der Waals surface area contributed by atoms with Crippen LogP contribution in [0.3, 0.4) is 0 Å². The molecule has 0 fully saturated rings. The van der Waals surface area contributed by atoms with Crippen LogP contribution in [-0.4, -0.2) is 25.8 Å². The molecule has 3 heterocycles.